The van der Waals surface area contributed by atoms with E-state index < -0.39 is 6.36 Å². The van der Waals surface area contributed by atoms with Crippen LogP contribution in [-0.2, 0) is 6.42 Å². The van der Waals surface area contributed by atoms with E-state index in [1.165, 1.54) is 18.2 Å². The molecule has 4 heteroatoms. The van der Waals surface area contributed by atoms with Crippen molar-refractivity contribution in [3.63, 3.8) is 0 Å². The SMILES string of the molecule is CCCc1c[c]ccc1OC(F)(F)F. The fraction of sp³-hybridized carbons (Fsp3) is 0.400. The van der Waals surface area contributed by atoms with Gasteiger partial charge in [0.2, 0.25) is 0 Å². The lowest BCUT2D eigenvalue weighted by molar-refractivity contribution is -0.274. The maximum atomic E-state index is 11.9. The molecule has 0 N–H and O–H groups in total. The molecule has 77 valence electrons. The minimum atomic E-state index is -4.62. The molecule has 0 spiro atoms. The van der Waals surface area contributed by atoms with Gasteiger partial charge in [-0.05, 0) is 30.2 Å². The second-order valence-corrected chi connectivity index (χ2v) is 2.83. The molecule has 0 atom stereocenters. The maximum Gasteiger partial charge on any atom is 0.573 e. The summed E-state index contributed by atoms with van der Waals surface area (Å²) in [6, 6.07) is 6.92. The summed E-state index contributed by atoms with van der Waals surface area (Å²) >= 11 is 0. The van der Waals surface area contributed by atoms with Crippen LogP contribution in [0.15, 0.2) is 18.2 Å². The van der Waals surface area contributed by atoms with E-state index in [2.05, 4.69) is 10.8 Å². The van der Waals surface area contributed by atoms with Gasteiger partial charge in [-0.2, -0.15) is 0 Å². The van der Waals surface area contributed by atoms with Gasteiger partial charge in [0.1, 0.15) is 5.75 Å². The summed E-state index contributed by atoms with van der Waals surface area (Å²) in [7, 11) is 0. The number of aryl methyl sites for hydroxylation is 1. The number of hydrogen-bond donors (Lipinski definition) is 0. The molecular weight excluding hydrogens is 193 g/mol. The largest absolute Gasteiger partial charge is 0.573 e. The van der Waals surface area contributed by atoms with Crippen molar-refractivity contribution in [3.8, 4) is 5.75 Å². The van der Waals surface area contributed by atoms with Crippen LogP contribution in [0, 0.1) is 6.07 Å². The smallest absolute Gasteiger partial charge is 0.406 e. The van der Waals surface area contributed by atoms with Gasteiger partial charge >= 0.3 is 6.36 Å². The molecule has 0 bridgehead atoms. The Morgan fingerprint density at radius 3 is 2.71 bits per heavy atom. The fourth-order valence-corrected chi connectivity index (χ4v) is 1.14. The Hall–Kier alpha value is -1.19. The molecule has 0 heterocycles. The lowest BCUT2D eigenvalue weighted by Gasteiger charge is -2.12. The summed E-state index contributed by atoms with van der Waals surface area (Å²) in [6.07, 6.45) is -3.29. The molecule has 0 aliphatic rings. The zero-order valence-corrected chi connectivity index (χ0v) is 7.69. The van der Waals surface area contributed by atoms with E-state index in [4.69, 9.17) is 0 Å². The van der Waals surface area contributed by atoms with Crippen LogP contribution < -0.4 is 4.74 Å². The van der Waals surface area contributed by atoms with Gasteiger partial charge in [0.15, 0.2) is 0 Å². The molecule has 1 radical (unpaired) electrons. The number of alkyl halides is 3. The summed E-state index contributed by atoms with van der Waals surface area (Å²) in [4.78, 5) is 0. The first-order valence-electron chi connectivity index (χ1n) is 4.27. The van der Waals surface area contributed by atoms with Crippen molar-refractivity contribution in [2.24, 2.45) is 0 Å². The van der Waals surface area contributed by atoms with Crippen molar-refractivity contribution in [3.05, 3.63) is 29.8 Å². The van der Waals surface area contributed by atoms with Crippen molar-refractivity contribution < 1.29 is 17.9 Å². The Labute approximate surface area is 80.5 Å². The van der Waals surface area contributed by atoms with E-state index in [1.807, 2.05) is 6.92 Å². The zero-order valence-electron chi connectivity index (χ0n) is 7.69. The summed E-state index contributed by atoms with van der Waals surface area (Å²) in [5.41, 5.74) is 0.535. The Bertz CT molecular complexity index is 294. The van der Waals surface area contributed by atoms with E-state index in [1.54, 1.807) is 0 Å². The molecule has 0 unspecified atom stereocenters. The van der Waals surface area contributed by atoms with Crippen LogP contribution >= 0.6 is 0 Å². The number of hydrogen-bond acceptors (Lipinski definition) is 1. The maximum absolute atomic E-state index is 11.9. The Morgan fingerprint density at radius 1 is 1.43 bits per heavy atom. The minimum Gasteiger partial charge on any atom is -0.406 e. The molecular formula is C10H10F3O. The van der Waals surface area contributed by atoms with Gasteiger partial charge in [0.05, 0.1) is 0 Å². The Balaban J connectivity index is 2.84. The highest BCUT2D eigenvalue weighted by molar-refractivity contribution is 5.32. The summed E-state index contributed by atoms with van der Waals surface area (Å²) in [5.74, 6) is -0.127. The molecule has 0 saturated heterocycles. The molecule has 1 aromatic carbocycles. The van der Waals surface area contributed by atoms with Gasteiger partial charge in [0.25, 0.3) is 0 Å². The Kier molecular flexibility index (Phi) is 3.38. The average molecular weight is 203 g/mol. The highest BCUT2D eigenvalue weighted by Crippen LogP contribution is 2.26. The van der Waals surface area contributed by atoms with Crippen LogP contribution in [0.3, 0.4) is 0 Å². The van der Waals surface area contributed by atoms with Gasteiger partial charge in [-0.3, -0.25) is 0 Å². The third-order valence-corrected chi connectivity index (χ3v) is 1.65. The number of rotatable bonds is 3. The standard InChI is InChI=1S/C10H10F3O/c1-2-5-8-6-3-4-7-9(8)14-10(11,12)13/h4,6-7H,2,5H2,1H3. The molecule has 0 aliphatic carbocycles. The first-order valence-corrected chi connectivity index (χ1v) is 4.27. The molecule has 0 aromatic heterocycles. The molecule has 1 rings (SSSR count). The third kappa shape index (κ3) is 3.28. The third-order valence-electron chi connectivity index (χ3n) is 1.65. The van der Waals surface area contributed by atoms with Crippen LogP contribution in [-0.4, -0.2) is 6.36 Å². The zero-order chi connectivity index (χ0) is 10.6. The molecule has 1 aromatic rings. The van der Waals surface area contributed by atoms with Crippen molar-refractivity contribution in [2.45, 2.75) is 26.1 Å². The van der Waals surface area contributed by atoms with E-state index in [9.17, 15) is 13.2 Å². The predicted octanol–water partition coefficient (Wildman–Crippen LogP) is 3.34. The second-order valence-electron chi connectivity index (χ2n) is 2.83. The van der Waals surface area contributed by atoms with E-state index in [-0.39, 0.29) is 5.75 Å². The van der Waals surface area contributed by atoms with Crippen LogP contribution in [0.25, 0.3) is 0 Å². The normalized spacial score (nSPS) is 11.4. The van der Waals surface area contributed by atoms with Crippen LogP contribution in [0.1, 0.15) is 18.9 Å². The minimum absolute atomic E-state index is 0.127. The lowest BCUT2D eigenvalue weighted by Crippen LogP contribution is -2.18. The first kappa shape index (κ1) is 10.9. The van der Waals surface area contributed by atoms with Gasteiger partial charge < -0.3 is 4.74 Å². The van der Waals surface area contributed by atoms with Gasteiger partial charge in [-0.15, -0.1) is 13.2 Å². The highest BCUT2D eigenvalue weighted by atomic mass is 19.4. The van der Waals surface area contributed by atoms with Gasteiger partial charge in [-0.1, -0.05) is 19.4 Å². The Morgan fingerprint density at radius 2 is 2.14 bits per heavy atom. The second kappa shape index (κ2) is 4.35. The van der Waals surface area contributed by atoms with Crippen molar-refractivity contribution in [1.29, 1.82) is 0 Å². The number of benzene rings is 1. The average Bonchev–Trinajstić information content (AvgIpc) is 2.06. The molecule has 0 saturated carbocycles. The van der Waals surface area contributed by atoms with Crippen LogP contribution in [0.4, 0.5) is 13.2 Å². The van der Waals surface area contributed by atoms with Crippen LogP contribution in [0.2, 0.25) is 0 Å². The topological polar surface area (TPSA) is 9.23 Å². The molecule has 1 nitrogen and oxygen atoms in total. The quantitative estimate of drug-likeness (QED) is 0.732. The van der Waals surface area contributed by atoms with Crippen LogP contribution in [0.5, 0.6) is 5.75 Å². The summed E-state index contributed by atoms with van der Waals surface area (Å²) < 4.78 is 39.7. The van der Waals surface area contributed by atoms with Gasteiger partial charge in [-0.25, -0.2) is 0 Å². The van der Waals surface area contributed by atoms with Gasteiger partial charge in [0, 0.05) is 0 Å². The monoisotopic (exact) mass is 203 g/mol. The fourth-order valence-electron chi connectivity index (χ4n) is 1.14. The molecule has 0 aliphatic heterocycles. The van der Waals surface area contributed by atoms with E-state index in [0.717, 1.165) is 6.42 Å². The molecule has 0 fully saturated rings. The van der Waals surface area contributed by atoms with Crippen molar-refractivity contribution >= 4 is 0 Å². The van der Waals surface area contributed by atoms with Crippen molar-refractivity contribution in [1.82, 2.24) is 0 Å². The van der Waals surface area contributed by atoms with E-state index in [0.29, 0.717) is 12.0 Å². The summed E-state index contributed by atoms with van der Waals surface area (Å²) in [6.45, 7) is 1.89. The molecule has 0 amide bonds. The predicted molar refractivity (Wildman–Crippen MR) is 46.0 cm³/mol. The first-order chi connectivity index (χ1) is 6.53. The van der Waals surface area contributed by atoms with E-state index >= 15 is 0 Å². The highest BCUT2D eigenvalue weighted by Gasteiger charge is 2.31. The summed E-state index contributed by atoms with van der Waals surface area (Å²) in [5, 5.41) is 0. The molecule has 14 heavy (non-hydrogen) atoms. The van der Waals surface area contributed by atoms with Crippen molar-refractivity contribution in [2.75, 3.05) is 0 Å². The number of halogens is 3. The lowest BCUT2D eigenvalue weighted by atomic mass is 10.1. The number of ether oxygens (including phenoxy) is 1.